The summed E-state index contributed by atoms with van der Waals surface area (Å²) in [7, 11) is 0. The Morgan fingerprint density at radius 2 is 1.83 bits per heavy atom. The van der Waals surface area contributed by atoms with E-state index in [1.807, 2.05) is 6.92 Å². The topological polar surface area (TPSA) is 145 Å². The van der Waals surface area contributed by atoms with Crippen LogP contribution in [0.1, 0.15) is 47.5 Å². The molecule has 5 unspecified atom stereocenters. The smallest absolute Gasteiger partial charge is 0.307 e. The molecule has 36 heavy (non-hydrogen) atoms. The first kappa shape index (κ1) is 29.2. The van der Waals surface area contributed by atoms with Gasteiger partial charge in [0.05, 0.1) is 31.0 Å². The molecule has 3 fully saturated rings. The molecule has 0 bridgehead atoms. The van der Waals surface area contributed by atoms with Gasteiger partial charge >= 0.3 is 5.97 Å². The Bertz CT molecular complexity index is 795. The maximum Gasteiger partial charge on any atom is 0.307 e. The molecule has 0 radical (unpaired) electrons. The van der Waals surface area contributed by atoms with E-state index in [0.29, 0.717) is 25.5 Å². The van der Waals surface area contributed by atoms with E-state index in [1.165, 1.54) is 11.8 Å². The zero-order chi connectivity index (χ0) is 26.5. The van der Waals surface area contributed by atoms with Crippen LogP contribution in [0.3, 0.4) is 0 Å². The lowest BCUT2D eigenvalue weighted by Gasteiger charge is -2.37. The Balaban J connectivity index is 1.48. The van der Waals surface area contributed by atoms with Crippen molar-refractivity contribution in [3.63, 3.8) is 0 Å². The molecule has 3 saturated heterocycles. The van der Waals surface area contributed by atoms with Gasteiger partial charge in [0.25, 0.3) is 0 Å². The molecule has 3 aliphatic rings. The Labute approximate surface area is 215 Å². The highest BCUT2D eigenvalue weighted by molar-refractivity contribution is 8.00. The van der Waals surface area contributed by atoms with Crippen molar-refractivity contribution in [3.05, 3.63) is 0 Å². The number of esters is 1. The van der Waals surface area contributed by atoms with Crippen molar-refractivity contribution in [2.45, 2.75) is 88.7 Å². The number of hydrogen-bond acceptors (Lipinski definition) is 12. The third-order valence-electron chi connectivity index (χ3n) is 5.79. The van der Waals surface area contributed by atoms with Gasteiger partial charge < -0.3 is 29.4 Å². The van der Waals surface area contributed by atoms with Crippen LogP contribution >= 0.6 is 11.8 Å². The van der Waals surface area contributed by atoms with Crippen molar-refractivity contribution in [2.75, 3.05) is 38.7 Å². The minimum atomic E-state index is -1.05. The van der Waals surface area contributed by atoms with Crippen LogP contribution in [0.4, 0.5) is 0 Å². The first-order valence-electron chi connectivity index (χ1n) is 12.2. The van der Waals surface area contributed by atoms with Crippen LogP contribution in [0.25, 0.3) is 0 Å². The van der Waals surface area contributed by atoms with Crippen molar-refractivity contribution in [1.29, 1.82) is 0 Å². The van der Waals surface area contributed by atoms with Crippen molar-refractivity contribution in [1.82, 2.24) is 4.90 Å². The van der Waals surface area contributed by atoms with Crippen molar-refractivity contribution in [2.24, 2.45) is 5.73 Å². The van der Waals surface area contributed by atoms with Gasteiger partial charge in [-0.2, -0.15) is 0 Å². The number of fused-ring (bicyclic) bond motifs is 1. The highest BCUT2D eigenvalue weighted by atomic mass is 32.2. The maximum atomic E-state index is 12.6. The average Bonchev–Trinajstić information content (AvgIpc) is 3.25. The van der Waals surface area contributed by atoms with E-state index in [4.69, 9.17) is 39.2 Å². The van der Waals surface area contributed by atoms with Crippen molar-refractivity contribution in [3.8, 4) is 0 Å². The Morgan fingerprint density at radius 1 is 1.11 bits per heavy atom. The molecule has 0 aromatic carbocycles. The van der Waals surface area contributed by atoms with Crippen LogP contribution in [0.2, 0.25) is 0 Å². The maximum absolute atomic E-state index is 12.6. The minimum Gasteiger partial charge on any atom is -0.463 e. The van der Waals surface area contributed by atoms with E-state index in [2.05, 4.69) is 0 Å². The van der Waals surface area contributed by atoms with Gasteiger partial charge in [0.2, 0.25) is 11.8 Å². The third kappa shape index (κ3) is 7.84. The van der Waals surface area contributed by atoms with E-state index in [9.17, 15) is 14.4 Å². The summed E-state index contributed by atoms with van der Waals surface area (Å²) in [6.07, 6.45) is -2.25. The van der Waals surface area contributed by atoms with Gasteiger partial charge in [-0.15, -0.1) is 11.8 Å². The second kappa shape index (κ2) is 12.5. The SMILES string of the molecule is CC1OC(C)(C)OOC(COC(=O)CCN2C(=O)CC(SCCOCCN)C2=O)C2OC(C)(C)OC12. The summed E-state index contributed by atoms with van der Waals surface area (Å²) in [5.74, 6) is -2.53. The van der Waals surface area contributed by atoms with Crippen LogP contribution in [0.15, 0.2) is 0 Å². The predicted octanol–water partition coefficient (Wildman–Crippen LogP) is 0.747. The molecule has 0 aromatic heterocycles. The first-order chi connectivity index (χ1) is 16.9. The van der Waals surface area contributed by atoms with E-state index >= 15 is 0 Å². The van der Waals surface area contributed by atoms with Gasteiger partial charge in [-0.3, -0.25) is 19.3 Å². The van der Waals surface area contributed by atoms with Crippen LogP contribution in [-0.2, 0) is 47.8 Å². The number of nitrogens with two attached hydrogens (primary N) is 1. The Hall–Kier alpha value is -1.32. The normalized spacial score (nSPS) is 31.7. The van der Waals surface area contributed by atoms with Gasteiger partial charge in [-0.1, -0.05) is 0 Å². The highest BCUT2D eigenvalue weighted by Gasteiger charge is 2.52. The van der Waals surface area contributed by atoms with Gasteiger partial charge in [-0.25, -0.2) is 9.78 Å². The lowest BCUT2D eigenvalue weighted by Crippen LogP contribution is -2.52. The number of carbonyl (C=O) groups is 3. The lowest BCUT2D eigenvalue weighted by molar-refractivity contribution is -0.461. The van der Waals surface area contributed by atoms with Gasteiger partial charge in [0.15, 0.2) is 17.7 Å². The molecule has 0 saturated carbocycles. The Morgan fingerprint density at radius 3 is 2.56 bits per heavy atom. The third-order valence-corrected chi connectivity index (χ3v) is 6.97. The van der Waals surface area contributed by atoms with Gasteiger partial charge in [0, 0.05) is 25.3 Å². The summed E-state index contributed by atoms with van der Waals surface area (Å²) in [4.78, 5) is 49.5. The number of ether oxygens (including phenoxy) is 5. The average molecular weight is 535 g/mol. The van der Waals surface area contributed by atoms with Gasteiger partial charge in [0.1, 0.15) is 18.8 Å². The number of nitrogens with zero attached hydrogens (tertiary/aromatic N) is 1. The molecule has 2 N–H and O–H groups in total. The zero-order valence-corrected chi connectivity index (χ0v) is 22.4. The fourth-order valence-electron chi connectivity index (χ4n) is 4.26. The van der Waals surface area contributed by atoms with Crippen molar-refractivity contribution >= 4 is 29.5 Å². The molecular weight excluding hydrogens is 496 g/mol. The van der Waals surface area contributed by atoms with Crippen LogP contribution in [-0.4, -0.2) is 103 Å². The number of amides is 2. The standard InChI is InChI=1S/C23H38N2O10S/c1-14-19-20(33-22(2,3)32-19)15(34-35-23(4,5)31-14)13-30-18(27)6-8-25-17(26)12-16(21(25)28)36-11-10-29-9-7-24/h14-16,19-20H,6-13,24H2,1-5H3. The molecule has 12 nitrogen and oxygen atoms in total. The summed E-state index contributed by atoms with van der Waals surface area (Å²) < 4.78 is 28.6. The molecule has 0 aliphatic carbocycles. The summed E-state index contributed by atoms with van der Waals surface area (Å²) in [5, 5.41) is -0.470. The van der Waals surface area contributed by atoms with E-state index in [-0.39, 0.29) is 43.9 Å². The summed E-state index contributed by atoms with van der Waals surface area (Å²) in [6.45, 7) is 9.95. The molecule has 3 aliphatic heterocycles. The molecular formula is C23H38N2O10S. The molecule has 0 aromatic rings. The fraction of sp³-hybridized carbons (Fsp3) is 0.870. The number of thioether (sulfide) groups is 1. The summed E-state index contributed by atoms with van der Waals surface area (Å²) in [6, 6.07) is 0. The Kier molecular flexibility index (Phi) is 10.1. The highest BCUT2D eigenvalue weighted by Crippen LogP contribution is 2.37. The van der Waals surface area contributed by atoms with Crippen LogP contribution < -0.4 is 5.73 Å². The second-order valence-corrected chi connectivity index (χ2v) is 11.1. The molecule has 3 rings (SSSR count). The number of carbonyl (C=O) groups excluding carboxylic acids is 3. The van der Waals surface area contributed by atoms with Crippen LogP contribution in [0, 0.1) is 0 Å². The largest absolute Gasteiger partial charge is 0.463 e. The van der Waals surface area contributed by atoms with Crippen LogP contribution in [0.5, 0.6) is 0 Å². The number of imide groups is 1. The minimum absolute atomic E-state index is 0.0458. The van der Waals surface area contributed by atoms with E-state index in [1.54, 1.807) is 27.7 Å². The quantitative estimate of drug-likeness (QED) is 0.173. The first-order valence-corrected chi connectivity index (χ1v) is 13.2. The fourth-order valence-corrected chi connectivity index (χ4v) is 5.29. The summed E-state index contributed by atoms with van der Waals surface area (Å²) in [5.41, 5.74) is 5.37. The summed E-state index contributed by atoms with van der Waals surface area (Å²) >= 11 is 1.37. The molecule has 0 spiro atoms. The lowest BCUT2D eigenvalue weighted by atomic mass is 10.0. The molecule has 13 heteroatoms. The number of hydrogen-bond donors (Lipinski definition) is 1. The molecule has 206 valence electrons. The number of likely N-dealkylation sites (tertiary alicyclic amines) is 1. The van der Waals surface area contributed by atoms with E-state index < -0.39 is 41.1 Å². The zero-order valence-electron chi connectivity index (χ0n) is 21.6. The second-order valence-electron chi connectivity index (χ2n) is 9.79. The van der Waals surface area contributed by atoms with Gasteiger partial charge in [-0.05, 0) is 34.6 Å². The molecule has 3 heterocycles. The molecule has 5 atom stereocenters. The van der Waals surface area contributed by atoms with Crippen molar-refractivity contribution < 1.29 is 47.8 Å². The monoisotopic (exact) mass is 534 g/mol. The van der Waals surface area contributed by atoms with E-state index in [0.717, 1.165) is 4.90 Å². The predicted molar refractivity (Wildman–Crippen MR) is 127 cm³/mol. The molecule has 2 amide bonds. The number of rotatable bonds is 11.